The Morgan fingerprint density at radius 1 is 1.33 bits per heavy atom. The number of nitrogens with two attached hydrogens (primary N) is 1. The standard InChI is InChI=1S/C16H25N3O3S.ClH/c1-4-19(23(3,21)22)14-7-9-18(10-8-14)16(20)15-11-13(17)6-5-12(15)2;/h5-6,11,14H,4,7-10,17H2,1-3H3;1H. The van der Waals surface area contributed by atoms with Gasteiger partial charge in [0.2, 0.25) is 10.0 Å². The number of anilines is 1. The number of benzene rings is 1. The van der Waals surface area contributed by atoms with Crippen LogP contribution in [0.3, 0.4) is 0 Å². The van der Waals surface area contributed by atoms with Gasteiger partial charge in [-0.15, -0.1) is 12.4 Å². The van der Waals surface area contributed by atoms with Crippen LogP contribution in [0.15, 0.2) is 18.2 Å². The van der Waals surface area contributed by atoms with E-state index in [-0.39, 0.29) is 24.4 Å². The molecule has 0 aliphatic carbocycles. The molecule has 0 unspecified atom stereocenters. The fourth-order valence-corrected chi connectivity index (χ4v) is 4.38. The molecule has 1 aliphatic heterocycles. The number of nitrogens with zero attached hydrogens (tertiary/aromatic N) is 2. The van der Waals surface area contributed by atoms with Gasteiger partial charge in [0.05, 0.1) is 6.26 Å². The Kier molecular flexibility index (Phi) is 7.07. The zero-order valence-electron chi connectivity index (χ0n) is 14.4. The summed E-state index contributed by atoms with van der Waals surface area (Å²) in [6.45, 7) is 5.32. The molecule has 24 heavy (non-hydrogen) atoms. The third-order valence-electron chi connectivity index (χ3n) is 4.39. The Bertz CT molecular complexity index is 686. The first-order valence-corrected chi connectivity index (χ1v) is 9.71. The molecule has 0 bridgehead atoms. The lowest BCUT2D eigenvalue weighted by Crippen LogP contribution is -2.48. The van der Waals surface area contributed by atoms with Crippen molar-refractivity contribution in [2.45, 2.75) is 32.7 Å². The predicted octanol–water partition coefficient (Wildman–Crippen LogP) is 1.89. The molecule has 0 aromatic heterocycles. The molecule has 136 valence electrons. The summed E-state index contributed by atoms with van der Waals surface area (Å²) in [5, 5.41) is 0. The molecule has 1 aliphatic rings. The van der Waals surface area contributed by atoms with Gasteiger partial charge in [-0.3, -0.25) is 4.79 Å². The Morgan fingerprint density at radius 2 is 1.92 bits per heavy atom. The van der Waals surface area contributed by atoms with Crippen molar-refractivity contribution in [3.63, 3.8) is 0 Å². The Morgan fingerprint density at radius 3 is 2.42 bits per heavy atom. The Balaban J connectivity index is 0.00000288. The molecule has 1 fully saturated rings. The Labute approximate surface area is 150 Å². The van der Waals surface area contributed by atoms with Gasteiger partial charge in [-0.05, 0) is 37.5 Å². The molecule has 2 N–H and O–H groups in total. The van der Waals surface area contributed by atoms with Gasteiger partial charge in [0.15, 0.2) is 0 Å². The summed E-state index contributed by atoms with van der Waals surface area (Å²) < 4.78 is 25.2. The summed E-state index contributed by atoms with van der Waals surface area (Å²) in [6.07, 6.45) is 2.56. The summed E-state index contributed by atoms with van der Waals surface area (Å²) >= 11 is 0. The summed E-state index contributed by atoms with van der Waals surface area (Å²) in [7, 11) is -3.20. The van der Waals surface area contributed by atoms with Crippen molar-refractivity contribution < 1.29 is 13.2 Å². The smallest absolute Gasteiger partial charge is 0.254 e. The zero-order valence-corrected chi connectivity index (χ0v) is 16.0. The van der Waals surface area contributed by atoms with Gasteiger partial charge in [0, 0.05) is 36.9 Å². The summed E-state index contributed by atoms with van der Waals surface area (Å²) in [5.41, 5.74) is 7.88. The average Bonchev–Trinajstić information content (AvgIpc) is 2.49. The van der Waals surface area contributed by atoms with E-state index in [1.807, 2.05) is 19.9 Å². The highest BCUT2D eigenvalue weighted by Gasteiger charge is 2.31. The van der Waals surface area contributed by atoms with Crippen LogP contribution in [-0.2, 0) is 10.0 Å². The number of piperidine rings is 1. The van der Waals surface area contributed by atoms with Crippen molar-refractivity contribution in [1.82, 2.24) is 9.21 Å². The monoisotopic (exact) mass is 375 g/mol. The van der Waals surface area contributed by atoms with Gasteiger partial charge in [0.25, 0.3) is 5.91 Å². The van der Waals surface area contributed by atoms with Crippen LogP contribution in [0, 0.1) is 6.92 Å². The van der Waals surface area contributed by atoms with Crippen molar-refractivity contribution in [2.24, 2.45) is 0 Å². The van der Waals surface area contributed by atoms with Crippen molar-refractivity contribution in [2.75, 3.05) is 31.6 Å². The number of carbonyl (C=O) groups excluding carboxylic acids is 1. The number of amides is 1. The minimum atomic E-state index is -3.20. The van der Waals surface area contributed by atoms with Crippen LogP contribution < -0.4 is 5.73 Å². The quantitative estimate of drug-likeness (QED) is 0.814. The first-order valence-electron chi connectivity index (χ1n) is 7.86. The van der Waals surface area contributed by atoms with Crippen LogP contribution in [0.2, 0.25) is 0 Å². The highest BCUT2D eigenvalue weighted by Crippen LogP contribution is 2.22. The maximum atomic E-state index is 12.7. The van der Waals surface area contributed by atoms with E-state index < -0.39 is 10.0 Å². The highest BCUT2D eigenvalue weighted by atomic mass is 35.5. The lowest BCUT2D eigenvalue weighted by atomic mass is 10.0. The lowest BCUT2D eigenvalue weighted by Gasteiger charge is -2.37. The molecule has 1 heterocycles. The average molecular weight is 376 g/mol. The molecular formula is C16H26ClN3O3S. The van der Waals surface area contributed by atoms with E-state index in [9.17, 15) is 13.2 Å². The van der Waals surface area contributed by atoms with E-state index in [0.717, 1.165) is 5.56 Å². The summed E-state index contributed by atoms with van der Waals surface area (Å²) in [4.78, 5) is 14.4. The second-order valence-corrected chi connectivity index (χ2v) is 8.00. The largest absolute Gasteiger partial charge is 0.399 e. The van der Waals surface area contributed by atoms with E-state index in [1.165, 1.54) is 10.6 Å². The number of hydrogen-bond acceptors (Lipinski definition) is 4. The fourth-order valence-electron chi connectivity index (χ4n) is 3.16. The maximum Gasteiger partial charge on any atom is 0.254 e. The number of nitrogen functional groups attached to an aromatic ring is 1. The molecule has 8 heteroatoms. The number of hydrogen-bond donors (Lipinski definition) is 1. The van der Waals surface area contributed by atoms with Gasteiger partial charge in [-0.2, -0.15) is 4.31 Å². The Hall–Kier alpha value is -1.31. The molecule has 0 spiro atoms. The third kappa shape index (κ3) is 4.62. The van der Waals surface area contributed by atoms with Crippen molar-refractivity contribution >= 4 is 34.0 Å². The third-order valence-corrected chi connectivity index (χ3v) is 5.80. The van der Waals surface area contributed by atoms with Crippen LogP contribution in [0.4, 0.5) is 5.69 Å². The number of halogens is 1. The molecule has 1 amide bonds. The maximum absolute atomic E-state index is 12.7. The van der Waals surface area contributed by atoms with E-state index in [2.05, 4.69) is 0 Å². The number of rotatable bonds is 4. The van der Waals surface area contributed by atoms with Crippen molar-refractivity contribution in [3.8, 4) is 0 Å². The molecule has 2 rings (SSSR count). The highest BCUT2D eigenvalue weighted by molar-refractivity contribution is 7.88. The summed E-state index contributed by atoms with van der Waals surface area (Å²) in [6, 6.07) is 5.31. The predicted molar refractivity (Wildman–Crippen MR) is 99.0 cm³/mol. The minimum Gasteiger partial charge on any atom is -0.399 e. The van der Waals surface area contributed by atoms with E-state index in [4.69, 9.17) is 5.73 Å². The second-order valence-electron chi connectivity index (χ2n) is 6.06. The van der Waals surface area contributed by atoms with Gasteiger partial charge < -0.3 is 10.6 Å². The SMILES string of the molecule is CCN(C1CCN(C(=O)c2cc(N)ccc2C)CC1)S(C)(=O)=O.Cl. The number of carbonyl (C=O) groups is 1. The number of likely N-dealkylation sites (tertiary alicyclic amines) is 1. The topological polar surface area (TPSA) is 83.7 Å². The summed E-state index contributed by atoms with van der Waals surface area (Å²) in [5.74, 6) is -0.0318. The molecule has 6 nitrogen and oxygen atoms in total. The molecule has 0 atom stereocenters. The van der Waals surface area contributed by atoms with Crippen molar-refractivity contribution in [3.05, 3.63) is 29.3 Å². The van der Waals surface area contributed by atoms with Crippen LogP contribution in [0.1, 0.15) is 35.7 Å². The van der Waals surface area contributed by atoms with Crippen LogP contribution in [0.25, 0.3) is 0 Å². The minimum absolute atomic E-state index is 0. The van der Waals surface area contributed by atoms with E-state index in [1.54, 1.807) is 17.0 Å². The fraction of sp³-hybridized carbons (Fsp3) is 0.562. The first-order chi connectivity index (χ1) is 10.7. The van der Waals surface area contributed by atoms with Gasteiger partial charge in [-0.25, -0.2) is 8.42 Å². The normalized spacial score (nSPS) is 16.1. The number of aryl methyl sites for hydroxylation is 1. The van der Waals surface area contributed by atoms with E-state index >= 15 is 0 Å². The molecular weight excluding hydrogens is 350 g/mol. The second kappa shape index (κ2) is 8.18. The zero-order chi connectivity index (χ0) is 17.2. The van der Waals surface area contributed by atoms with E-state index in [0.29, 0.717) is 43.7 Å². The molecule has 0 saturated carbocycles. The first kappa shape index (κ1) is 20.7. The van der Waals surface area contributed by atoms with Crippen LogP contribution in [0.5, 0.6) is 0 Å². The lowest BCUT2D eigenvalue weighted by molar-refractivity contribution is 0.0680. The van der Waals surface area contributed by atoms with Crippen molar-refractivity contribution in [1.29, 1.82) is 0 Å². The van der Waals surface area contributed by atoms with Gasteiger partial charge in [0.1, 0.15) is 0 Å². The molecule has 0 radical (unpaired) electrons. The molecule has 1 aromatic carbocycles. The van der Waals surface area contributed by atoms with Gasteiger partial charge in [-0.1, -0.05) is 13.0 Å². The van der Waals surface area contributed by atoms with Gasteiger partial charge >= 0.3 is 0 Å². The number of sulfonamides is 1. The van der Waals surface area contributed by atoms with Crippen LogP contribution >= 0.6 is 12.4 Å². The molecule has 1 aromatic rings. The molecule has 1 saturated heterocycles. The van der Waals surface area contributed by atoms with Crippen LogP contribution in [-0.4, -0.2) is 55.5 Å².